The van der Waals surface area contributed by atoms with E-state index in [1.807, 2.05) is 45.0 Å². The van der Waals surface area contributed by atoms with Gasteiger partial charge in [0.25, 0.3) is 0 Å². The van der Waals surface area contributed by atoms with Gasteiger partial charge in [0, 0.05) is 25.3 Å². The number of hydrogen-bond donors (Lipinski definition) is 3. The molecule has 49 heavy (non-hydrogen) atoms. The normalized spacial score (nSPS) is 23.4. The number of ether oxygens (including phenoxy) is 3. The number of halogens is 2. The van der Waals surface area contributed by atoms with Crippen LogP contribution in [-0.4, -0.2) is 66.9 Å². The number of aryl methyl sites for hydroxylation is 1. The van der Waals surface area contributed by atoms with Gasteiger partial charge in [-0.15, -0.1) is 11.6 Å². The van der Waals surface area contributed by atoms with Crippen LogP contribution in [0.15, 0.2) is 54.6 Å². The van der Waals surface area contributed by atoms with Crippen molar-refractivity contribution in [2.24, 2.45) is 17.3 Å². The van der Waals surface area contributed by atoms with Gasteiger partial charge in [0.15, 0.2) is 6.10 Å². The second-order valence-corrected chi connectivity index (χ2v) is 14.5. The first-order valence-electron chi connectivity index (χ1n) is 16.4. The molecule has 1 aliphatic heterocycles. The molecule has 3 rings (SSSR count). The highest BCUT2D eigenvalue weighted by molar-refractivity contribution is 6.32. The first-order chi connectivity index (χ1) is 23.0. The molecule has 0 fully saturated rings. The average Bonchev–Trinajstić information content (AvgIpc) is 3.04. The Morgan fingerprint density at radius 1 is 1.06 bits per heavy atom. The van der Waals surface area contributed by atoms with E-state index in [1.165, 1.54) is 19.3 Å². The minimum atomic E-state index is -1.25. The lowest BCUT2D eigenvalue weighted by atomic mass is 9.90. The van der Waals surface area contributed by atoms with Crippen molar-refractivity contribution in [3.05, 3.63) is 76.3 Å². The fourth-order valence-electron chi connectivity index (χ4n) is 5.34. The number of carbonyl (C=O) groups is 4. The number of amides is 2. The van der Waals surface area contributed by atoms with Gasteiger partial charge in [-0.3, -0.25) is 14.4 Å². The molecule has 0 bridgehead atoms. The molecule has 268 valence electrons. The molecule has 12 heteroatoms. The van der Waals surface area contributed by atoms with Crippen molar-refractivity contribution < 1.29 is 38.5 Å². The van der Waals surface area contributed by atoms with Crippen LogP contribution in [-0.2, 0) is 35.1 Å². The maximum absolute atomic E-state index is 13.6. The van der Waals surface area contributed by atoms with E-state index in [4.69, 9.17) is 37.4 Å². The summed E-state index contributed by atoms with van der Waals surface area (Å²) in [5.41, 5.74) is 1.09. The number of rotatable bonds is 9. The molecular weight excluding hydrogens is 671 g/mol. The molecule has 0 radical (unpaired) electrons. The van der Waals surface area contributed by atoms with Gasteiger partial charge in [-0.25, -0.2) is 4.79 Å². The molecule has 10 nitrogen and oxygen atoms in total. The summed E-state index contributed by atoms with van der Waals surface area (Å²) in [7, 11) is 1.49. The Balaban J connectivity index is 1.97. The number of cyclic esters (lactones) is 2. The van der Waals surface area contributed by atoms with Gasteiger partial charge in [-0.1, -0.05) is 74.3 Å². The van der Waals surface area contributed by atoms with Gasteiger partial charge in [0.1, 0.15) is 17.9 Å². The summed E-state index contributed by atoms with van der Waals surface area (Å²) in [6.07, 6.45) is -0.292. The Morgan fingerprint density at radius 2 is 1.78 bits per heavy atom. The van der Waals surface area contributed by atoms with Crippen LogP contribution in [0.3, 0.4) is 0 Å². The lowest BCUT2D eigenvalue weighted by molar-refractivity contribution is -0.180. The second kappa shape index (κ2) is 17.9. The van der Waals surface area contributed by atoms with Gasteiger partial charge < -0.3 is 30.0 Å². The summed E-state index contributed by atoms with van der Waals surface area (Å²) in [6, 6.07) is 11.5. The molecule has 1 heterocycles. The maximum atomic E-state index is 13.6. The fraction of sp³-hybridized carbons (Fsp3) is 0.514. The number of aliphatic hydroxyl groups is 1. The van der Waals surface area contributed by atoms with E-state index in [0.29, 0.717) is 21.9 Å². The number of aliphatic hydroxyl groups excluding tert-OH is 1. The summed E-state index contributed by atoms with van der Waals surface area (Å²) < 4.78 is 16.9. The van der Waals surface area contributed by atoms with Gasteiger partial charge >= 0.3 is 11.9 Å². The zero-order chi connectivity index (χ0) is 36.5. The van der Waals surface area contributed by atoms with Crippen molar-refractivity contribution in [3.63, 3.8) is 0 Å². The molecule has 0 aromatic heterocycles. The fourth-order valence-corrected chi connectivity index (χ4v) is 5.99. The summed E-state index contributed by atoms with van der Waals surface area (Å²) in [4.78, 5) is 53.7. The third kappa shape index (κ3) is 11.5. The molecule has 0 aliphatic carbocycles. The van der Waals surface area contributed by atoms with Crippen molar-refractivity contribution in [2.75, 3.05) is 13.7 Å². The summed E-state index contributed by atoms with van der Waals surface area (Å²) in [5, 5.41) is 16.4. The quantitative estimate of drug-likeness (QED) is 0.224. The van der Waals surface area contributed by atoms with Crippen LogP contribution in [0.4, 0.5) is 0 Å². The average molecular weight is 720 g/mol. The number of methoxy groups -OCH3 is 1. The molecule has 2 aromatic carbocycles. The van der Waals surface area contributed by atoms with Crippen LogP contribution in [0.1, 0.15) is 69.5 Å². The highest BCUT2D eigenvalue weighted by Gasteiger charge is 2.38. The standard InChI is InChI=1S/C37H48Cl2N2O8/c1-21(2)16-30-35(45)48-28(23(4)33(43)32(39)25-11-8-10-22(3)17-25)12-9-13-31(42)41-27(19-24-14-15-29(47-7)26(38)18-24)34(44)40-20-37(5,6)36(46)49-30/h8-11,13-15,17-18,21,23,27-28,30,32-33,43H,12,16,19-20H2,1-7H3,(H,40,44)(H,41,42)/b13-9+/t23-,27+,28-,30-,32+,33+/m0/s1. The van der Waals surface area contributed by atoms with Crippen LogP contribution in [0.25, 0.3) is 0 Å². The van der Waals surface area contributed by atoms with E-state index in [9.17, 15) is 24.3 Å². The van der Waals surface area contributed by atoms with Crippen molar-refractivity contribution >= 4 is 47.0 Å². The van der Waals surface area contributed by atoms with Crippen LogP contribution in [0.2, 0.25) is 5.02 Å². The van der Waals surface area contributed by atoms with Crippen molar-refractivity contribution in [1.82, 2.24) is 10.6 Å². The van der Waals surface area contributed by atoms with Crippen molar-refractivity contribution in [1.29, 1.82) is 0 Å². The first-order valence-corrected chi connectivity index (χ1v) is 17.2. The van der Waals surface area contributed by atoms with Crippen LogP contribution >= 0.6 is 23.2 Å². The number of benzene rings is 2. The summed E-state index contributed by atoms with van der Waals surface area (Å²) in [6.45, 7) is 10.4. The molecule has 0 saturated carbocycles. The van der Waals surface area contributed by atoms with Gasteiger partial charge in [0.2, 0.25) is 11.8 Å². The Morgan fingerprint density at radius 3 is 2.41 bits per heavy atom. The molecule has 2 aromatic rings. The Labute approximate surface area is 298 Å². The zero-order valence-electron chi connectivity index (χ0n) is 29.1. The third-order valence-electron chi connectivity index (χ3n) is 8.43. The lowest BCUT2D eigenvalue weighted by Crippen LogP contribution is -2.51. The summed E-state index contributed by atoms with van der Waals surface area (Å²) in [5.74, 6) is -2.88. The number of esters is 2. The predicted molar refractivity (Wildman–Crippen MR) is 188 cm³/mol. The molecule has 0 spiro atoms. The Hall–Kier alpha value is -3.60. The summed E-state index contributed by atoms with van der Waals surface area (Å²) >= 11 is 13.0. The van der Waals surface area contributed by atoms with Crippen molar-refractivity contribution in [2.45, 2.75) is 90.5 Å². The Kier molecular flexibility index (Phi) is 14.5. The Bertz CT molecular complexity index is 1510. The minimum Gasteiger partial charge on any atom is -0.495 e. The number of carbonyl (C=O) groups excluding carboxylic acids is 4. The molecule has 0 saturated heterocycles. The minimum absolute atomic E-state index is 0.0214. The third-order valence-corrected chi connectivity index (χ3v) is 9.24. The van der Waals surface area contributed by atoms with Crippen LogP contribution in [0.5, 0.6) is 5.75 Å². The highest BCUT2D eigenvalue weighted by Crippen LogP contribution is 2.33. The number of alkyl halides is 1. The van der Waals surface area contributed by atoms with E-state index < -0.39 is 64.8 Å². The largest absolute Gasteiger partial charge is 0.495 e. The highest BCUT2D eigenvalue weighted by atomic mass is 35.5. The lowest BCUT2D eigenvalue weighted by Gasteiger charge is -2.32. The van der Waals surface area contributed by atoms with Gasteiger partial charge in [0.05, 0.1) is 29.0 Å². The molecule has 3 N–H and O–H groups in total. The first kappa shape index (κ1) is 39.8. The molecule has 1 aliphatic rings. The van der Waals surface area contributed by atoms with Crippen molar-refractivity contribution in [3.8, 4) is 5.75 Å². The van der Waals surface area contributed by atoms with Gasteiger partial charge in [-0.05, 0) is 62.4 Å². The van der Waals surface area contributed by atoms with E-state index in [-0.39, 0.29) is 31.7 Å². The van der Waals surface area contributed by atoms with E-state index in [2.05, 4.69) is 10.6 Å². The van der Waals surface area contributed by atoms with E-state index in [0.717, 1.165) is 5.56 Å². The zero-order valence-corrected chi connectivity index (χ0v) is 30.6. The monoisotopic (exact) mass is 718 g/mol. The van der Waals surface area contributed by atoms with Crippen LogP contribution in [0, 0.1) is 24.2 Å². The smallest absolute Gasteiger partial charge is 0.347 e. The van der Waals surface area contributed by atoms with E-state index in [1.54, 1.807) is 39.0 Å². The molecular formula is C37H48Cl2N2O8. The second-order valence-electron chi connectivity index (χ2n) is 13.6. The topological polar surface area (TPSA) is 140 Å². The molecule has 6 atom stereocenters. The molecule has 2 amide bonds. The maximum Gasteiger partial charge on any atom is 0.347 e. The predicted octanol–water partition coefficient (Wildman–Crippen LogP) is 5.63. The van der Waals surface area contributed by atoms with E-state index >= 15 is 0 Å². The SMILES string of the molecule is COc1ccc(C[C@H]2NC(=O)/C=C/C[C@@H]([C@H](C)[C@@H](O)[C@H](Cl)c3cccc(C)c3)OC(=O)[C@H](CC(C)C)OC(=O)C(C)(C)CNC2=O)cc1Cl. The number of nitrogens with one attached hydrogen (secondary N) is 2. The van der Waals surface area contributed by atoms with Gasteiger partial charge in [-0.2, -0.15) is 0 Å². The van der Waals surface area contributed by atoms with Crippen LogP contribution < -0.4 is 15.4 Å². The molecule has 0 unspecified atom stereocenters. The number of hydrogen-bond acceptors (Lipinski definition) is 8.